The predicted molar refractivity (Wildman–Crippen MR) is 39.9 cm³/mol. The molecule has 1 heterocycles. The summed E-state index contributed by atoms with van der Waals surface area (Å²) in [6.07, 6.45) is 2.57. The second kappa shape index (κ2) is 3.95. The fraction of sp³-hybridized carbons (Fsp3) is 0.714. The first kappa shape index (κ1) is 8.04. The lowest BCUT2D eigenvalue weighted by Gasteiger charge is -2.14. The molecule has 1 aliphatic rings. The fourth-order valence-corrected chi connectivity index (χ4v) is 1.17. The molecule has 1 saturated heterocycles. The van der Waals surface area contributed by atoms with Gasteiger partial charge in [-0.05, 0) is 6.42 Å². The molecule has 0 aromatic heterocycles. The summed E-state index contributed by atoms with van der Waals surface area (Å²) in [6, 6.07) is 0. The standard InChI is InChI=1S/C7H12N2O2/c10-6-8-2-1-3-9(7-11)5-4-8/h6-7H,1-5H2. The second-order valence-corrected chi connectivity index (χ2v) is 2.64. The summed E-state index contributed by atoms with van der Waals surface area (Å²) in [6.45, 7) is 2.88. The Kier molecular flexibility index (Phi) is 2.89. The van der Waals surface area contributed by atoms with Crippen LogP contribution in [0, 0.1) is 0 Å². The SMILES string of the molecule is O=CN1CCCN(C=O)CC1. The van der Waals surface area contributed by atoms with Gasteiger partial charge >= 0.3 is 0 Å². The van der Waals surface area contributed by atoms with E-state index in [1.165, 1.54) is 0 Å². The van der Waals surface area contributed by atoms with Crippen molar-refractivity contribution >= 4 is 12.8 Å². The van der Waals surface area contributed by atoms with Crippen LogP contribution in [0.2, 0.25) is 0 Å². The lowest BCUT2D eigenvalue weighted by Crippen LogP contribution is -2.29. The van der Waals surface area contributed by atoms with Crippen molar-refractivity contribution in [3.05, 3.63) is 0 Å². The Hall–Kier alpha value is -1.06. The molecule has 0 aromatic rings. The molecule has 2 amide bonds. The van der Waals surface area contributed by atoms with Crippen LogP contribution in [-0.4, -0.2) is 48.8 Å². The van der Waals surface area contributed by atoms with Gasteiger partial charge in [-0.15, -0.1) is 0 Å². The van der Waals surface area contributed by atoms with Gasteiger partial charge in [0.25, 0.3) is 0 Å². The molecule has 0 N–H and O–H groups in total. The Bertz CT molecular complexity index is 133. The molecule has 1 rings (SSSR count). The molecule has 0 unspecified atom stereocenters. The molecular formula is C7H12N2O2. The Morgan fingerprint density at radius 2 is 1.27 bits per heavy atom. The third-order valence-corrected chi connectivity index (χ3v) is 1.86. The normalized spacial score (nSPS) is 19.3. The van der Waals surface area contributed by atoms with E-state index in [1.807, 2.05) is 0 Å². The van der Waals surface area contributed by atoms with Crippen LogP contribution in [-0.2, 0) is 9.59 Å². The molecule has 1 fully saturated rings. The Morgan fingerprint density at radius 1 is 0.818 bits per heavy atom. The summed E-state index contributed by atoms with van der Waals surface area (Å²) in [7, 11) is 0. The summed E-state index contributed by atoms with van der Waals surface area (Å²) in [4.78, 5) is 24.0. The molecule has 0 spiro atoms. The number of rotatable bonds is 2. The van der Waals surface area contributed by atoms with E-state index in [0.717, 1.165) is 32.3 Å². The quantitative estimate of drug-likeness (QED) is 0.496. The minimum atomic E-state index is 0.669. The minimum Gasteiger partial charge on any atom is -0.343 e. The van der Waals surface area contributed by atoms with E-state index >= 15 is 0 Å². The van der Waals surface area contributed by atoms with Crippen LogP contribution in [0.15, 0.2) is 0 Å². The molecule has 0 aliphatic carbocycles. The Morgan fingerprint density at radius 3 is 1.64 bits per heavy atom. The van der Waals surface area contributed by atoms with Gasteiger partial charge in [0.2, 0.25) is 12.8 Å². The lowest BCUT2D eigenvalue weighted by molar-refractivity contribution is -0.120. The van der Waals surface area contributed by atoms with Crippen LogP contribution in [0.3, 0.4) is 0 Å². The average molecular weight is 156 g/mol. The summed E-state index contributed by atoms with van der Waals surface area (Å²) in [5, 5.41) is 0. The zero-order chi connectivity index (χ0) is 8.10. The highest BCUT2D eigenvalue weighted by atomic mass is 16.1. The van der Waals surface area contributed by atoms with Crippen molar-refractivity contribution in [2.24, 2.45) is 0 Å². The van der Waals surface area contributed by atoms with Crippen LogP contribution in [0.1, 0.15) is 6.42 Å². The first-order valence-electron chi connectivity index (χ1n) is 3.75. The van der Waals surface area contributed by atoms with E-state index in [0.29, 0.717) is 13.1 Å². The molecule has 62 valence electrons. The maximum absolute atomic E-state index is 10.3. The van der Waals surface area contributed by atoms with E-state index in [-0.39, 0.29) is 0 Å². The summed E-state index contributed by atoms with van der Waals surface area (Å²) < 4.78 is 0. The van der Waals surface area contributed by atoms with E-state index in [2.05, 4.69) is 0 Å². The molecule has 1 aliphatic heterocycles. The zero-order valence-electron chi connectivity index (χ0n) is 6.40. The van der Waals surface area contributed by atoms with Crippen molar-refractivity contribution in [1.82, 2.24) is 9.80 Å². The van der Waals surface area contributed by atoms with Crippen LogP contribution in [0.5, 0.6) is 0 Å². The maximum Gasteiger partial charge on any atom is 0.209 e. The number of carbonyl (C=O) groups excluding carboxylic acids is 2. The number of amides is 2. The smallest absolute Gasteiger partial charge is 0.209 e. The summed E-state index contributed by atoms with van der Waals surface area (Å²) in [5.41, 5.74) is 0. The third-order valence-electron chi connectivity index (χ3n) is 1.86. The molecule has 4 nitrogen and oxygen atoms in total. The number of hydrogen-bond donors (Lipinski definition) is 0. The van der Waals surface area contributed by atoms with Crippen LogP contribution in [0.4, 0.5) is 0 Å². The molecule has 11 heavy (non-hydrogen) atoms. The monoisotopic (exact) mass is 156 g/mol. The van der Waals surface area contributed by atoms with E-state index < -0.39 is 0 Å². The molecule has 0 atom stereocenters. The van der Waals surface area contributed by atoms with Crippen molar-refractivity contribution in [1.29, 1.82) is 0 Å². The van der Waals surface area contributed by atoms with Gasteiger partial charge in [-0.3, -0.25) is 9.59 Å². The van der Waals surface area contributed by atoms with Gasteiger partial charge in [0.15, 0.2) is 0 Å². The number of hydrogen-bond acceptors (Lipinski definition) is 2. The van der Waals surface area contributed by atoms with Gasteiger partial charge in [0.1, 0.15) is 0 Å². The highest BCUT2D eigenvalue weighted by molar-refractivity contribution is 5.49. The maximum atomic E-state index is 10.3. The number of carbonyl (C=O) groups is 2. The highest BCUT2D eigenvalue weighted by Gasteiger charge is 2.10. The largest absolute Gasteiger partial charge is 0.343 e. The van der Waals surface area contributed by atoms with E-state index in [1.54, 1.807) is 9.80 Å². The number of nitrogens with zero attached hydrogens (tertiary/aromatic N) is 2. The van der Waals surface area contributed by atoms with Crippen LogP contribution < -0.4 is 0 Å². The fourth-order valence-electron chi connectivity index (χ4n) is 1.17. The van der Waals surface area contributed by atoms with Crippen LogP contribution >= 0.6 is 0 Å². The van der Waals surface area contributed by atoms with E-state index in [9.17, 15) is 9.59 Å². The lowest BCUT2D eigenvalue weighted by atomic mass is 10.4. The van der Waals surface area contributed by atoms with Crippen molar-refractivity contribution in [2.45, 2.75) is 6.42 Å². The van der Waals surface area contributed by atoms with Gasteiger partial charge in [0, 0.05) is 26.2 Å². The van der Waals surface area contributed by atoms with Crippen molar-refractivity contribution in [3.63, 3.8) is 0 Å². The average Bonchev–Trinajstić information content (AvgIpc) is 2.28. The first-order valence-corrected chi connectivity index (χ1v) is 3.75. The summed E-state index contributed by atoms with van der Waals surface area (Å²) >= 11 is 0. The van der Waals surface area contributed by atoms with Gasteiger partial charge in [-0.25, -0.2) is 0 Å². The van der Waals surface area contributed by atoms with Gasteiger partial charge in [-0.1, -0.05) is 0 Å². The third kappa shape index (κ3) is 2.22. The molecule has 0 aromatic carbocycles. The van der Waals surface area contributed by atoms with Crippen LogP contribution in [0.25, 0.3) is 0 Å². The Balaban J connectivity index is 2.38. The molecule has 4 heteroatoms. The zero-order valence-corrected chi connectivity index (χ0v) is 6.40. The predicted octanol–water partition coefficient (Wildman–Crippen LogP) is -0.693. The summed E-state index contributed by atoms with van der Waals surface area (Å²) in [5.74, 6) is 0. The molecule has 0 saturated carbocycles. The molecule has 0 radical (unpaired) electrons. The second-order valence-electron chi connectivity index (χ2n) is 2.64. The molecular weight excluding hydrogens is 144 g/mol. The van der Waals surface area contributed by atoms with Gasteiger partial charge < -0.3 is 9.80 Å². The Labute approximate surface area is 65.8 Å². The highest BCUT2D eigenvalue weighted by Crippen LogP contribution is 1.97. The van der Waals surface area contributed by atoms with Gasteiger partial charge in [0.05, 0.1) is 0 Å². The van der Waals surface area contributed by atoms with Crippen molar-refractivity contribution in [2.75, 3.05) is 26.2 Å². The van der Waals surface area contributed by atoms with E-state index in [4.69, 9.17) is 0 Å². The van der Waals surface area contributed by atoms with Crippen molar-refractivity contribution < 1.29 is 9.59 Å². The topological polar surface area (TPSA) is 40.6 Å². The molecule has 0 bridgehead atoms. The first-order chi connectivity index (χ1) is 5.36. The minimum absolute atomic E-state index is 0.669. The van der Waals surface area contributed by atoms with Gasteiger partial charge in [-0.2, -0.15) is 0 Å². The van der Waals surface area contributed by atoms with Crippen molar-refractivity contribution in [3.8, 4) is 0 Å².